The van der Waals surface area contributed by atoms with Gasteiger partial charge in [-0.3, -0.25) is 0 Å². The van der Waals surface area contributed by atoms with Crippen molar-refractivity contribution in [3.8, 4) is 11.8 Å². The zero-order valence-electron chi connectivity index (χ0n) is 30.8. The van der Waals surface area contributed by atoms with Crippen molar-refractivity contribution in [2.75, 3.05) is 0 Å². The van der Waals surface area contributed by atoms with E-state index in [-0.39, 0.29) is 0 Å². The first-order chi connectivity index (χ1) is 23.2. The molecule has 256 valence electrons. The van der Waals surface area contributed by atoms with Gasteiger partial charge in [-0.05, 0) is 87.1 Å². The molecule has 0 radical (unpaired) electrons. The lowest BCUT2D eigenvalue weighted by molar-refractivity contribution is -0.345. The predicted molar refractivity (Wildman–Crippen MR) is 205 cm³/mol. The molecule has 0 spiro atoms. The molecule has 0 aromatic heterocycles. The van der Waals surface area contributed by atoms with Crippen LogP contribution in [-0.4, -0.2) is 4.70 Å². The van der Waals surface area contributed by atoms with Crippen molar-refractivity contribution >= 4 is 11.4 Å². The Morgan fingerprint density at radius 2 is 1.00 bits per heavy atom. The maximum atomic E-state index is 12.0. The normalized spacial score (nSPS) is 13.1. The average molecular weight is 635 g/mol. The van der Waals surface area contributed by atoms with E-state index in [0.29, 0.717) is 0 Å². The zero-order chi connectivity index (χ0) is 33.5. The van der Waals surface area contributed by atoms with Crippen LogP contribution in [0.25, 0.3) is 16.9 Å². The first-order valence-electron chi connectivity index (χ1n) is 19.7. The summed E-state index contributed by atoms with van der Waals surface area (Å²) < 4.78 is 1.56. The number of unbranched alkanes of at least 4 members (excludes halogenated alkanes) is 14. The Bertz CT molecular complexity index is 1310. The number of benzene rings is 2. The SMILES string of the molecule is CCCCCCCCCCCCC#CCCCc1ccccc1C1=C(CCCC)C(CCCC)=C(c2ccc(CCCC)cc2)[N+]1=[N-]. The summed E-state index contributed by atoms with van der Waals surface area (Å²) in [5, 5.41) is 0. The summed E-state index contributed by atoms with van der Waals surface area (Å²) in [6, 6.07) is 17.8. The fraction of sp³-hybridized carbons (Fsp3) is 0.600. The van der Waals surface area contributed by atoms with Crippen LogP contribution in [0.4, 0.5) is 0 Å². The van der Waals surface area contributed by atoms with Crippen molar-refractivity contribution < 1.29 is 4.70 Å². The van der Waals surface area contributed by atoms with Crippen molar-refractivity contribution in [3.05, 3.63) is 87.5 Å². The highest BCUT2D eigenvalue weighted by Crippen LogP contribution is 2.45. The Kier molecular flexibility index (Phi) is 19.2. The van der Waals surface area contributed by atoms with Crippen LogP contribution in [0.1, 0.15) is 185 Å². The van der Waals surface area contributed by atoms with Gasteiger partial charge in [0.25, 0.3) is 0 Å². The van der Waals surface area contributed by atoms with E-state index < -0.39 is 0 Å². The molecular weight excluding hydrogens is 569 g/mol. The fourth-order valence-corrected chi connectivity index (χ4v) is 6.90. The van der Waals surface area contributed by atoms with E-state index in [1.54, 1.807) is 4.70 Å². The number of rotatable bonds is 24. The molecule has 1 aliphatic heterocycles. The maximum Gasteiger partial charge on any atom is 0.211 e. The highest BCUT2D eigenvalue weighted by Gasteiger charge is 2.35. The molecule has 47 heavy (non-hydrogen) atoms. The smallest absolute Gasteiger partial charge is 0.211 e. The molecule has 0 fully saturated rings. The number of aryl methyl sites for hydroxylation is 2. The van der Waals surface area contributed by atoms with Crippen LogP contribution in [0.15, 0.2) is 59.7 Å². The van der Waals surface area contributed by atoms with E-state index in [0.717, 1.165) is 87.6 Å². The van der Waals surface area contributed by atoms with E-state index in [9.17, 15) is 5.53 Å². The van der Waals surface area contributed by atoms with Crippen LogP contribution in [0.2, 0.25) is 0 Å². The van der Waals surface area contributed by atoms with Crippen LogP contribution in [-0.2, 0) is 12.8 Å². The second kappa shape index (κ2) is 23.4. The fourth-order valence-electron chi connectivity index (χ4n) is 6.90. The molecule has 1 heterocycles. The van der Waals surface area contributed by atoms with Crippen molar-refractivity contribution in [2.45, 2.75) is 175 Å². The maximum absolute atomic E-state index is 12.0. The van der Waals surface area contributed by atoms with E-state index in [4.69, 9.17) is 0 Å². The summed E-state index contributed by atoms with van der Waals surface area (Å²) >= 11 is 0. The minimum absolute atomic E-state index is 0.937. The van der Waals surface area contributed by atoms with Gasteiger partial charge >= 0.3 is 0 Å². The molecule has 2 aromatic rings. The standard InChI is InChI=1S/C45H66N2/c1-5-9-13-14-15-16-17-18-19-20-21-22-23-24-25-29-39-30-26-27-33-41(39)45-43(32-12-8-4)42(31-11-7-3)44(47(45)46)40-36-34-38(35-37-40)28-10-6-2/h26-27,30,33-37H,5-21,24-25,28-29,31-32H2,1-4H3. The van der Waals surface area contributed by atoms with Gasteiger partial charge in [0.15, 0.2) is 0 Å². The Morgan fingerprint density at radius 3 is 1.62 bits per heavy atom. The molecule has 0 amide bonds. The third kappa shape index (κ3) is 12.9. The summed E-state index contributed by atoms with van der Waals surface area (Å²) in [7, 11) is 0. The molecule has 0 N–H and O–H groups in total. The molecule has 2 heteroatoms. The average Bonchev–Trinajstić information content (AvgIpc) is 3.37. The van der Waals surface area contributed by atoms with Gasteiger partial charge in [-0.25, -0.2) is 4.70 Å². The van der Waals surface area contributed by atoms with Crippen LogP contribution in [0.5, 0.6) is 0 Å². The molecule has 0 unspecified atom stereocenters. The predicted octanol–water partition coefficient (Wildman–Crippen LogP) is 14.2. The first kappa shape index (κ1) is 38.5. The topological polar surface area (TPSA) is 25.3 Å². The molecule has 3 rings (SSSR count). The van der Waals surface area contributed by atoms with Crippen molar-refractivity contribution in [1.29, 1.82) is 0 Å². The largest absolute Gasteiger partial charge is 0.493 e. The third-order valence-electron chi connectivity index (χ3n) is 9.77. The monoisotopic (exact) mass is 635 g/mol. The van der Waals surface area contributed by atoms with Crippen LogP contribution in [0.3, 0.4) is 0 Å². The van der Waals surface area contributed by atoms with Gasteiger partial charge in [-0.1, -0.05) is 135 Å². The molecule has 0 bridgehead atoms. The molecule has 2 nitrogen and oxygen atoms in total. The van der Waals surface area contributed by atoms with Gasteiger partial charge < -0.3 is 5.53 Å². The second-order valence-electron chi connectivity index (χ2n) is 13.8. The van der Waals surface area contributed by atoms with E-state index in [2.05, 4.69) is 88.1 Å². The first-order valence-corrected chi connectivity index (χ1v) is 19.7. The van der Waals surface area contributed by atoms with Gasteiger partial charge in [-0.2, -0.15) is 0 Å². The molecule has 1 aliphatic rings. The summed E-state index contributed by atoms with van der Waals surface area (Å²) in [6.45, 7) is 9.07. The lowest BCUT2D eigenvalue weighted by atomic mass is 9.90. The van der Waals surface area contributed by atoms with Crippen molar-refractivity contribution in [3.63, 3.8) is 0 Å². The summed E-state index contributed by atoms with van der Waals surface area (Å²) in [6.07, 6.45) is 27.8. The van der Waals surface area contributed by atoms with Gasteiger partial charge in [0.1, 0.15) is 0 Å². The molecular formula is C45H66N2. The van der Waals surface area contributed by atoms with Crippen molar-refractivity contribution in [1.82, 2.24) is 0 Å². The minimum Gasteiger partial charge on any atom is -0.493 e. The van der Waals surface area contributed by atoms with Gasteiger partial charge in [0.05, 0.1) is 0 Å². The Hall–Kier alpha value is -2.92. The summed E-state index contributed by atoms with van der Waals surface area (Å²) in [5.41, 5.74) is 21.7. The highest BCUT2D eigenvalue weighted by atomic mass is 15.2. The van der Waals surface area contributed by atoms with Crippen LogP contribution >= 0.6 is 0 Å². The molecule has 0 aliphatic carbocycles. The van der Waals surface area contributed by atoms with E-state index >= 15 is 0 Å². The Labute approximate surface area is 290 Å². The number of hydrogen-bond acceptors (Lipinski definition) is 0. The van der Waals surface area contributed by atoms with Gasteiger partial charge in [0.2, 0.25) is 11.4 Å². The van der Waals surface area contributed by atoms with Gasteiger partial charge in [0, 0.05) is 35.1 Å². The van der Waals surface area contributed by atoms with Crippen LogP contribution in [0, 0.1) is 11.8 Å². The van der Waals surface area contributed by atoms with Gasteiger partial charge in [-0.15, -0.1) is 11.8 Å². The van der Waals surface area contributed by atoms with Crippen molar-refractivity contribution in [2.24, 2.45) is 0 Å². The second-order valence-corrected chi connectivity index (χ2v) is 13.8. The van der Waals surface area contributed by atoms with E-state index in [1.165, 1.54) is 105 Å². The minimum atomic E-state index is 0.937. The summed E-state index contributed by atoms with van der Waals surface area (Å²) in [5.74, 6) is 6.92. The number of nitrogens with zero attached hydrogens (tertiary/aromatic N) is 2. The number of allylic oxidation sites excluding steroid dienone is 2. The third-order valence-corrected chi connectivity index (χ3v) is 9.77. The Morgan fingerprint density at radius 1 is 0.489 bits per heavy atom. The molecule has 0 saturated heterocycles. The number of hydrogen-bond donors (Lipinski definition) is 0. The van der Waals surface area contributed by atoms with Crippen LogP contribution < -0.4 is 0 Å². The Balaban J connectivity index is 1.65. The summed E-state index contributed by atoms with van der Waals surface area (Å²) in [4.78, 5) is 0. The lowest BCUT2D eigenvalue weighted by Gasteiger charge is -2.13. The van der Waals surface area contributed by atoms with E-state index in [1.807, 2.05) is 0 Å². The highest BCUT2D eigenvalue weighted by molar-refractivity contribution is 5.82. The quantitative estimate of drug-likeness (QED) is 0.0624. The molecule has 0 atom stereocenters. The molecule has 2 aromatic carbocycles. The lowest BCUT2D eigenvalue weighted by Crippen LogP contribution is -2.05. The zero-order valence-corrected chi connectivity index (χ0v) is 30.8. The molecule has 0 saturated carbocycles.